The molecular formula is C73H142O17P2. The molecule has 546 valence electrons. The van der Waals surface area contributed by atoms with E-state index in [1.807, 2.05) is 0 Å². The molecule has 0 aromatic rings. The predicted molar refractivity (Wildman–Crippen MR) is 372 cm³/mol. The third kappa shape index (κ3) is 66.7. The van der Waals surface area contributed by atoms with Crippen molar-refractivity contribution in [3.8, 4) is 0 Å². The van der Waals surface area contributed by atoms with E-state index in [4.69, 9.17) is 37.0 Å². The molecule has 19 heteroatoms. The van der Waals surface area contributed by atoms with Crippen molar-refractivity contribution in [1.82, 2.24) is 0 Å². The summed E-state index contributed by atoms with van der Waals surface area (Å²) in [4.78, 5) is 72.5. The van der Waals surface area contributed by atoms with Crippen LogP contribution in [0, 0.1) is 23.7 Å². The third-order valence-corrected chi connectivity index (χ3v) is 18.7. The molecule has 0 amide bonds. The number of carbonyl (C=O) groups is 4. The number of esters is 4. The van der Waals surface area contributed by atoms with E-state index >= 15 is 0 Å². The Hall–Kier alpha value is -1.94. The molecular weight excluding hydrogens is 1210 g/mol. The number of aliphatic hydroxyl groups is 1. The number of hydrogen-bond acceptors (Lipinski definition) is 15. The van der Waals surface area contributed by atoms with Gasteiger partial charge < -0.3 is 33.8 Å². The first-order valence-electron chi connectivity index (χ1n) is 37.7. The number of rotatable bonds is 70. The molecule has 3 unspecified atom stereocenters. The SMILES string of the molecule is CC(C)CCCCCCCCCCCCCCCCCCCCC(=O)O[C@H](COC(=O)CCCCCCCCCCCC(C)C)COP(=O)(O)OCC(O)COP(=O)(O)OC[C@@H](COC(=O)CCCCCCCCCC(C)C)OC(=O)CCCCCCCCC(C)C. The van der Waals surface area contributed by atoms with Gasteiger partial charge in [0.2, 0.25) is 0 Å². The maximum atomic E-state index is 13.0. The molecule has 0 saturated carbocycles. The highest BCUT2D eigenvalue weighted by Gasteiger charge is 2.30. The van der Waals surface area contributed by atoms with E-state index in [0.717, 1.165) is 108 Å². The lowest BCUT2D eigenvalue weighted by molar-refractivity contribution is -0.161. The molecule has 0 aromatic heterocycles. The fraction of sp³-hybridized carbons (Fsp3) is 0.945. The first kappa shape index (κ1) is 90.1. The Labute approximate surface area is 562 Å². The van der Waals surface area contributed by atoms with Crippen LogP contribution in [-0.2, 0) is 65.4 Å². The third-order valence-electron chi connectivity index (χ3n) is 16.8. The molecule has 0 heterocycles. The summed E-state index contributed by atoms with van der Waals surface area (Å²) in [5.41, 5.74) is 0. The number of phosphoric ester groups is 2. The van der Waals surface area contributed by atoms with Crippen molar-refractivity contribution in [1.29, 1.82) is 0 Å². The zero-order valence-corrected chi connectivity index (χ0v) is 62.0. The van der Waals surface area contributed by atoms with Crippen molar-refractivity contribution in [2.45, 2.75) is 382 Å². The summed E-state index contributed by atoms with van der Waals surface area (Å²) in [6.07, 6.45) is 46.3. The van der Waals surface area contributed by atoms with Crippen molar-refractivity contribution in [3.05, 3.63) is 0 Å². The van der Waals surface area contributed by atoms with Gasteiger partial charge in [-0.3, -0.25) is 37.3 Å². The summed E-state index contributed by atoms with van der Waals surface area (Å²) in [7, 11) is -9.90. The Kier molecular flexibility index (Phi) is 61.3. The van der Waals surface area contributed by atoms with E-state index in [0.29, 0.717) is 37.5 Å². The van der Waals surface area contributed by atoms with Gasteiger partial charge in [-0.15, -0.1) is 0 Å². The van der Waals surface area contributed by atoms with Crippen LogP contribution >= 0.6 is 15.6 Å². The zero-order valence-electron chi connectivity index (χ0n) is 60.2. The molecule has 92 heavy (non-hydrogen) atoms. The van der Waals surface area contributed by atoms with Crippen LogP contribution in [0.15, 0.2) is 0 Å². The van der Waals surface area contributed by atoms with Crippen molar-refractivity contribution in [2.24, 2.45) is 23.7 Å². The van der Waals surface area contributed by atoms with Crippen LogP contribution in [0.5, 0.6) is 0 Å². The van der Waals surface area contributed by atoms with E-state index in [1.54, 1.807) is 0 Å². The standard InChI is InChI=1S/C73H142O17P2/c1-63(2)49-41-33-25-20-17-15-13-11-9-10-12-14-16-18-22-29-39-47-55-72(77)89-68(59-83-70(75)53-45-37-28-23-19-21-26-34-42-50-64(3)4)61-87-91(79,80)85-57-67(74)58-86-92(81,82)88-62-69(90-73(78)56-48-40-32-31-36-44-52-66(7)8)60-84-71(76)54-46-38-30-24-27-35-43-51-65(5)6/h63-69,74H,9-62H2,1-8H3,(H,79,80)(H,81,82)/t67?,68-,69-/m1/s1. The molecule has 0 rings (SSSR count). The van der Waals surface area contributed by atoms with E-state index in [1.165, 1.54) is 161 Å². The molecule has 0 spiro atoms. The lowest BCUT2D eigenvalue weighted by Crippen LogP contribution is -2.30. The Bertz CT molecular complexity index is 1820. The summed E-state index contributed by atoms with van der Waals surface area (Å²) in [6, 6.07) is 0. The molecule has 0 aliphatic carbocycles. The number of hydrogen-bond donors (Lipinski definition) is 3. The van der Waals surface area contributed by atoms with Gasteiger partial charge in [-0.2, -0.15) is 0 Å². The Morgan fingerprint density at radius 3 is 0.674 bits per heavy atom. The van der Waals surface area contributed by atoms with Crippen LogP contribution in [0.3, 0.4) is 0 Å². The fourth-order valence-corrected chi connectivity index (χ4v) is 12.6. The smallest absolute Gasteiger partial charge is 0.462 e. The second-order valence-electron chi connectivity index (χ2n) is 28.2. The molecule has 0 bridgehead atoms. The summed E-state index contributed by atoms with van der Waals surface area (Å²) in [5, 5.41) is 10.6. The average Bonchev–Trinajstić information content (AvgIpc) is 2.37. The minimum Gasteiger partial charge on any atom is -0.462 e. The molecule has 5 atom stereocenters. The lowest BCUT2D eigenvalue weighted by atomic mass is 10.0. The first-order valence-corrected chi connectivity index (χ1v) is 40.7. The van der Waals surface area contributed by atoms with E-state index < -0.39 is 97.5 Å². The van der Waals surface area contributed by atoms with Gasteiger partial charge in [0.15, 0.2) is 12.2 Å². The average molecular weight is 1350 g/mol. The van der Waals surface area contributed by atoms with Crippen molar-refractivity contribution in [2.75, 3.05) is 39.6 Å². The number of phosphoric acid groups is 2. The molecule has 3 N–H and O–H groups in total. The number of aliphatic hydroxyl groups excluding tert-OH is 1. The fourth-order valence-electron chi connectivity index (χ4n) is 11.0. The molecule has 0 radical (unpaired) electrons. The topological polar surface area (TPSA) is 237 Å². The van der Waals surface area contributed by atoms with Gasteiger partial charge in [0, 0.05) is 25.7 Å². The summed E-state index contributed by atoms with van der Waals surface area (Å²) >= 11 is 0. The van der Waals surface area contributed by atoms with Gasteiger partial charge in [0.05, 0.1) is 26.4 Å². The highest BCUT2D eigenvalue weighted by atomic mass is 31.2. The number of carbonyl (C=O) groups excluding carboxylic acids is 4. The van der Waals surface area contributed by atoms with Crippen LogP contribution in [0.2, 0.25) is 0 Å². The van der Waals surface area contributed by atoms with Gasteiger partial charge >= 0.3 is 39.5 Å². The minimum atomic E-state index is -4.95. The quantitative estimate of drug-likeness (QED) is 0.0222. The number of unbranched alkanes of at least 4 members (excludes halogenated alkanes) is 36. The van der Waals surface area contributed by atoms with Crippen LogP contribution < -0.4 is 0 Å². The van der Waals surface area contributed by atoms with Gasteiger partial charge in [-0.25, -0.2) is 9.13 Å². The Morgan fingerprint density at radius 1 is 0.272 bits per heavy atom. The molecule has 0 saturated heterocycles. The van der Waals surface area contributed by atoms with Gasteiger partial charge in [-0.1, -0.05) is 312 Å². The molecule has 0 aliphatic rings. The van der Waals surface area contributed by atoms with E-state index in [-0.39, 0.29) is 25.7 Å². The highest BCUT2D eigenvalue weighted by molar-refractivity contribution is 7.47. The maximum absolute atomic E-state index is 13.0. The van der Waals surface area contributed by atoms with Crippen molar-refractivity contribution in [3.63, 3.8) is 0 Å². The van der Waals surface area contributed by atoms with Crippen LogP contribution in [0.25, 0.3) is 0 Å². The van der Waals surface area contributed by atoms with Gasteiger partial charge in [-0.05, 0) is 49.4 Å². The van der Waals surface area contributed by atoms with Crippen molar-refractivity contribution < 1.29 is 80.2 Å². The largest absolute Gasteiger partial charge is 0.472 e. The second-order valence-corrected chi connectivity index (χ2v) is 31.1. The molecule has 17 nitrogen and oxygen atoms in total. The summed E-state index contributed by atoms with van der Waals surface area (Å²) in [5.74, 6) is 0.807. The first-order chi connectivity index (χ1) is 44.1. The summed E-state index contributed by atoms with van der Waals surface area (Å²) in [6.45, 7) is 14.0. The van der Waals surface area contributed by atoms with Crippen molar-refractivity contribution >= 4 is 39.5 Å². The van der Waals surface area contributed by atoms with Crippen LogP contribution in [0.1, 0.15) is 364 Å². The lowest BCUT2D eigenvalue weighted by Gasteiger charge is -2.21. The second kappa shape index (κ2) is 62.6. The van der Waals surface area contributed by atoms with Gasteiger partial charge in [0.1, 0.15) is 19.3 Å². The van der Waals surface area contributed by atoms with Crippen LogP contribution in [-0.4, -0.2) is 96.7 Å². The minimum absolute atomic E-state index is 0.101. The number of ether oxygens (including phenoxy) is 4. The van der Waals surface area contributed by atoms with E-state index in [9.17, 15) is 43.2 Å². The Morgan fingerprint density at radius 2 is 0.457 bits per heavy atom. The molecule has 0 fully saturated rings. The van der Waals surface area contributed by atoms with Crippen LogP contribution in [0.4, 0.5) is 0 Å². The summed E-state index contributed by atoms with van der Waals surface area (Å²) < 4.78 is 68.3. The monoisotopic (exact) mass is 1350 g/mol. The predicted octanol–water partition coefficient (Wildman–Crippen LogP) is 20.9. The zero-order chi connectivity index (χ0) is 68.2. The Balaban J connectivity index is 5.17. The molecule has 0 aliphatic heterocycles. The normalized spacial score (nSPS) is 14.2. The maximum Gasteiger partial charge on any atom is 0.472 e. The van der Waals surface area contributed by atoms with Gasteiger partial charge in [0.25, 0.3) is 0 Å². The van der Waals surface area contributed by atoms with E-state index in [2.05, 4.69) is 55.4 Å². The highest BCUT2D eigenvalue weighted by Crippen LogP contribution is 2.45. The molecule has 0 aromatic carbocycles.